The van der Waals surface area contributed by atoms with Gasteiger partial charge in [-0.1, -0.05) is 0 Å². The highest BCUT2D eigenvalue weighted by Crippen LogP contribution is 2.72. The first-order chi connectivity index (χ1) is 8.78. The zero-order valence-electron chi connectivity index (χ0n) is 11.0. The Balaban J connectivity index is 1.60. The molecule has 5 unspecified atom stereocenters. The van der Waals surface area contributed by atoms with Crippen LogP contribution < -0.4 is 0 Å². The minimum atomic E-state index is 0.120. The van der Waals surface area contributed by atoms with Crippen LogP contribution in [0.2, 0.25) is 0 Å². The second-order valence-corrected chi connectivity index (χ2v) is 7.75. The maximum absolute atomic E-state index is 12.2. The molecule has 0 aromatic heterocycles. The highest BCUT2D eigenvalue weighted by molar-refractivity contribution is 5.73. The number of esters is 1. The molecule has 8 bridgehead atoms. The summed E-state index contributed by atoms with van der Waals surface area (Å²) in [4.78, 5) is 12.2. The molecule has 0 aromatic rings. The van der Waals surface area contributed by atoms with Crippen LogP contribution in [0.3, 0.4) is 0 Å². The Morgan fingerprint density at radius 1 is 0.889 bits per heavy atom. The number of hydrogen-bond acceptors (Lipinski definition) is 2. The van der Waals surface area contributed by atoms with E-state index in [4.69, 9.17) is 4.74 Å². The van der Waals surface area contributed by atoms with E-state index in [1.54, 1.807) is 7.11 Å². The fourth-order valence-electron chi connectivity index (χ4n) is 7.42. The minimum absolute atomic E-state index is 0.120. The molecule has 0 heterocycles. The maximum Gasteiger partial charge on any atom is 0.309 e. The summed E-state index contributed by atoms with van der Waals surface area (Å²) in [6, 6.07) is 0. The van der Waals surface area contributed by atoms with E-state index >= 15 is 0 Å². The first kappa shape index (κ1) is 10.3. The Labute approximate surface area is 108 Å². The molecule has 0 aliphatic heterocycles. The van der Waals surface area contributed by atoms with Gasteiger partial charge in [-0.15, -0.1) is 0 Å². The molecule has 2 heteroatoms. The third-order valence-electron chi connectivity index (χ3n) is 7.55. The molecule has 0 aromatic carbocycles. The number of carbonyl (C=O) groups is 1. The average Bonchev–Trinajstić information content (AvgIpc) is 2.42. The van der Waals surface area contributed by atoms with Gasteiger partial charge >= 0.3 is 5.97 Å². The highest BCUT2D eigenvalue weighted by atomic mass is 16.5. The molecule has 2 nitrogen and oxygen atoms in total. The van der Waals surface area contributed by atoms with Crippen molar-refractivity contribution in [2.24, 2.45) is 53.3 Å². The van der Waals surface area contributed by atoms with E-state index < -0.39 is 0 Å². The van der Waals surface area contributed by atoms with E-state index in [0.717, 1.165) is 35.5 Å². The molecule has 0 spiro atoms. The molecule has 18 heavy (non-hydrogen) atoms. The van der Waals surface area contributed by atoms with Crippen LogP contribution in [-0.2, 0) is 9.53 Å². The van der Waals surface area contributed by atoms with Gasteiger partial charge in [0, 0.05) is 0 Å². The van der Waals surface area contributed by atoms with Crippen LogP contribution in [0.25, 0.3) is 0 Å². The second-order valence-electron chi connectivity index (χ2n) is 7.75. The zero-order chi connectivity index (χ0) is 12.0. The number of ether oxygens (including phenoxy) is 1. The lowest BCUT2D eigenvalue weighted by Gasteiger charge is -2.71. The van der Waals surface area contributed by atoms with Crippen LogP contribution in [0.4, 0.5) is 0 Å². The topological polar surface area (TPSA) is 26.3 Å². The minimum Gasteiger partial charge on any atom is -0.469 e. The Morgan fingerprint density at radius 2 is 1.44 bits per heavy atom. The Hall–Kier alpha value is -0.530. The number of methoxy groups -OCH3 is 1. The third-order valence-corrected chi connectivity index (χ3v) is 7.55. The molecule has 7 saturated carbocycles. The van der Waals surface area contributed by atoms with Crippen LogP contribution in [0.5, 0.6) is 0 Å². The molecular formula is C16H22O2. The van der Waals surface area contributed by atoms with E-state index in [1.165, 1.54) is 32.1 Å². The third kappa shape index (κ3) is 0.981. The smallest absolute Gasteiger partial charge is 0.309 e. The normalized spacial score (nSPS) is 62.4. The van der Waals surface area contributed by atoms with Gasteiger partial charge in [-0.3, -0.25) is 4.79 Å². The van der Waals surface area contributed by atoms with Gasteiger partial charge in [0.2, 0.25) is 0 Å². The van der Waals surface area contributed by atoms with E-state index in [9.17, 15) is 4.79 Å². The number of carbonyl (C=O) groups excluding carboxylic acids is 1. The fourth-order valence-corrected chi connectivity index (χ4v) is 7.42. The summed E-state index contributed by atoms with van der Waals surface area (Å²) < 4.78 is 5.14. The molecule has 7 aliphatic carbocycles. The van der Waals surface area contributed by atoms with Gasteiger partial charge in [-0.05, 0) is 79.4 Å². The maximum atomic E-state index is 12.2. The summed E-state index contributed by atoms with van der Waals surface area (Å²) >= 11 is 0. The lowest BCUT2D eigenvalue weighted by molar-refractivity contribution is -0.234. The molecule has 7 aliphatic rings. The van der Waals surface area contributed by atoms with Gasteiger partial charge in [0.15, 0.2) is 0 Å². The van der Waals surface area contributed by atoms with Gasteiger partial charge in [-0.2, -0.15) is 0 Å². The van der Waals surface area contributed by atoms with Crippen molar-refractivity contribution in [3.8, 4) is 0 Å². The van der Waals surface area contributed by atoms with Crippen LogP contribution in [0, 0.1) is 53.3 Å². The molecule has 7 rings (SSSR count). The van der Waals surface area contributed by atoms with Crippen molar-refractivity contribution < 1.29 is 9.53 Å². The summed E-state index contributed by atoms with van der Waals surface area (Å²) in [6.45, 7) is 0. The van der Waals surface area contributed by atoms with Crippen molar-refractivity contribution in [2.45, 2.75) is 32.1 Å². The van der Waals surface area contributed by atoms with E-state index in [-0.39, 0.29) is 11.9 Å². The molecule has 0 N–H and O–H groups in total. The zero-order valence-corrected chi connectivity index (χ0v) is 11.0. The van der Waals surface area contributed by atoms with Crippen molar-refractivity contribution >= 4 is 5.97 Å². The second kappa shape index (κ2) is 3.13. The monoisotopic (exact) mass is 246 g/mol. The Bertz CT molecular complexity index is 393. The average molecular weight is 246 g/mol. The van der Waals surface area contributed by atoms with Crippen molar-refractivity contribution in [1.82, 2.24) is 0 Å². The van der Waals surface area contributed by atoms with Gasteiger partial charge in [0.25, 0.3) is 0 Å². The molecular weight excluding hydrogens is 224 g/mol. The molecule has 0 amide bonds. The summed E-state index contributed by atoms with van der Waals surface area (Å²) in [5, 5.41) is 0. The van der Waals surface area contributed by atoms with Crippen molar-refractivity contribution in [3.63, 3.8) is 0 Å². The lowest BCUT2D eigenvalue weighted by Crippen LogP contribution is -2.66. The van der Waals surface area contributed by atoms with Crippen LogP contribution in [0.1, 0.15) is 32.1 Å². The first-order valence-electron chi connectivity index (χ1n) is 7.85. The van der Waals surface area contributed by atoms with E-state index in [1.807, 2.05) is 0 Å². The van der Waals surface area contributed by atoms with Gasteiger partial charge in [-0.25, -0.2) is 0 Å². The number of rotatable bonds is 1. The van der Waals surface area contributed by atoms with Crippen molar-refractivity contribution in [2.75, 3.05) is 7.11 Å². The van der Waals surface area contributed by atoms with Crippen molar-refractivity contribution in [1.29, 1.82) is 0 Å². The molecule has 7 fully saturated rings. The predicted molar refractivity (Wildman–Crippen MR) is 66.5 cm³/mol. The first-order valence-corrected chi connectivity index (χ1v) is 7.85. The largest absolute Gasteiger partial charge is 0.469 e. The summed E-state index contributed by atoms with van der Waals surface area (Å²) in [5.74, 6) is 7.63. The molecule has 5 atom stereocenters. The van der Waals surface area contributed by atoms with E-state index in [2.05, 4.69) is 0 Å². The Kier molecular flexibility index (Phi) is 1.79. The van der Waals surface area contributed by atoms with Gasteiger partial charge in [0.1, 0.15) is 0 Å². The lowest BCUT2D eigenvalue weighted by atomic mass is 9.33. The predicted octanol–water partition coefficient (Wildman–Crippen LogP) is 2.72. The van der Waals surface area contributed by atoms with Crippen molar-refractivity contribution in [3.05, 3.63) is 0 Å². The van der Waals surface area contributed by atoms with Crippen LogP contribution in [-0.4, -0.2) is 13.1 Å². The summed E-state index contributed by atoms with van der Waals surface area (Å²) in [6.07, 6.45) is 7.11. The quantitative estimate of drug-likeness (QED) is 0.665. The molecule has 98 valence electrons. The fraction of sp³-hybridized carbons (Fsp3) is 0.938. The summed E-state index contributed by atoms with van der Waals surface area (Å²) in [5.41, 5.74) is 0. The van der Waals surface area contributed by atoms with Crippen LogP contribution >= 0.6 is 0 Å². The summed E-state index contributed by atoms with van der Waals surface area (Å²) in [7, 11) is 1.58. The van der Waals surface area contributed by atoms with Gasteiger partial charge < -0.3 is 4.74 Å². The number of hydrogen-bond donors (Lipinski definition) is 0. The van der Waals surface area contributed by atoms with E-state index in [0.29, 0.717) is 11.8 Å². The van der Waals surface area contributed by atoms with Gasteiger partial charge in [0.05, 0.1) is 13.0 Å². The highest BCUT2D eigenvalue weighted by Gasteiger charge is 2.67. The standard InChI is InChI=1S/C16H22O2/c1-18-16(17)14-8-5-10-9-2-7-3-12(10)15(14)13(4-7)11(9)6-8/h7-15H,2-6H2,1H3. The molecule has 0 saturated heterocycles. The van der Waals surface area contributed by atoms with Crippen LogP contribution in [0.15, 0.2) is 0 Å². The molecule has 0 radical (unpaired) electrons. The SMILES string of the molecule is COC(=O)C1C2CC3C4CC5CC3C1C(C5)C4C2. The Morgan fingerprint density at radius 3 is 2.06 bits per heavy atom.